The fourth-order valence-corrected chi connectivity index (χ4v) is 3.01. The molecule has 0 aliphatic carbocycles. The Morgan fingerprint density at radius 2 is 2.08 bits per heavy atom. The largest absolute Gasteiger partial charge is 0.375 e. The van der Waals surface area contributed by atoms with Crippen LogP contribution in [-0.2, 0) is 17.8 Å². The topological polar surface area (TPSA) is 49.8 Å². The summed E-state index contributed by atoms with van der Waals surface area (Å²) in [6, 6.07) is 6.43. The number of nitrogens with zero attached hydrogens (tertiary/aromatic N) is 3. The molecule has 5 nitrogen and oxygen atoms in total. The molecule has 1 aromatic heterocycles. The Hall–Kier alpha value is -1.26. The van der Waals surface area contributed by atoms with Crippen LogP contribution in [0.3, 0.4) is 0 Å². The molecule has 0 spiro atoms. The summed E-state index contributed by atoms with van der Waals surface area (Å²) in [7, 11) is 5.38. The van der Waals surface area contributed by atoms with Gasteiger partial charge in [0.2, 0.25) is 0 Å². The average Bonchev–Trinajstić information content (AvgIpc) is 3.04. The lowest BCUT2D eigenvalue weighted by Gasteiger charge is -2.21. The normalized spacial score (nSPS) is 12.4. The van der Waals surface area contributed by atoms with Crippen molar-refractivity contribution < 1.29 is 9.13 Å². The van der Waals surface area contributed by atoms with Gasteiger partial charge in [0, 0.05) is 33.1 Å². The minimum absolute atomic E-state index is 0. The van der Waals surface area contributed by atoms with Gasteiger partial charge in [-0.2, -0.15) is 0 Å². The van der Waals surface area contributed by atoms with E-state index in [-0.39, 0.29) is 35.9 Å². The summed E-state index contributed by atoms with van der Waals surface area (Å²) in [5.41, 5.74) is 1.97. The lowest BCUT2D eigenvalue weighted by molar-refractivity contribution is 0.119. The third-order valence-corrected chi connectivity index (χ3v) is 4.66. The van der Waals surface area contributed by atoms with E-state index in [2.05, 4.69) is 15.3 Å². The van der Waals surface area contributed by atoms with Gasteiger partial charge in [-0.15, -0.1) is 35.3 Å². The molecule has 1 aromatic carbocycles. The quantitative estimate of drug-likeness (QED) is 0.390. The molecular weight excluding hydrogens is 454 g/mol. The van der Waals surface area contributed by atoms with Crippen LogP contribution in [0.2, 0.25) is 0 Å². The monoisotopic (exact) mass is 478 g/mol. The van der Waals surface area contributed by atoms with E-state index in [1.807, 2.05) is 24.3 Å². The maximum absolute atomic E-state index is 12.9. The Labute approximate surface area is 169 Å². The van der Waals surface area contributed by atoms with Crippen LogP contribution in [0.15, 0.2) is 34.6 Å². The van der Waals surface area contributed by atoms with Crippen LogP contribution in [0.1, 0.15) is 29.3 Å². The van der Waals surface area contributed by atoms with E-state index in [4.69, 9.17) is 4.74 Å². The third-order valence-electron chi connectivity index (χ3n) is 3.61. The van der Waals surface area contributed by atoms with Crippen LogP contribution in [0, 0.1) is 5.82 Å². The summed E-state index contributed by atoms with van der Waals surface area (Å²) >= 11 is 1.60. The van der Waals surface area contributed by atoms with Gasteiger partial charge < -0.3 is 15.0 Å². The summed E-state index contributed by atoms with van der Waals surface area (Å²) in [5, 5.41) is 6.27. The van der Waals surface area contributed by atoms with Gasteiger partial charge >= 0.3 is 0 Å². The number of aliphatic imine (C=N–C) groups is 1. The lowest BCUT2D eigenvalue weighted by Crippen LogP contribution is -2.38. The van der Waals surface area contributed by atoms with Crippen molar-refractivity contribution in [3.05, 3.63) is 51.7 Å². The number of hydrogen-bond acceptors (Lipinski definition) is 4. The molecule has 2 aromatic rings. The smallest absolute Gasteiger partial charge is 0.194 e. The molecule has 0 fully saturated rings. The van der Waals surface area contributed by atoms with Gasteiger partial charge in [-0.1, -0.05) is 12.1 Å². The van der Waals surface area contributed by atoms with Gasteiger partial charge in [0.25, 0.3) is 0 Å². The van der Waals surface area contributed by atoms with Gasteiger partial charge in [-0.3, -0.25) is 4.99 Å². The molecule has 2 rings (SSSR count). The highest BCUT2D eigenvalue weighted by molar-refractivity contribution is 14.0. The van der Waals surface area contributed by atoms with E-state index in [1.165, 1.54) is 12.1 Å². The molecule has 138 valence electrons. The number of guanidine groups is 1. The first-order chi connectivity index (χ1) is 11.5. The van der Waals surface area contributed by atoms with Crippen LogP contribution in [0.4, 0.5) is 4.39 Å². The number of thiazole rings is 1. The Balaban J connectivity index is 0.00000312. The molecule has 0 aliphatic heterocycles. The minimum Gasteiger partial charge on any atom is -0.375 e. The number of rotatable bonds is 6. The van der Waals surface area contributed by atoms with E-state index in [0.717, 1.165) is 22.2 Å². The maximum Gasteiger partial charge on any atom is 0.194 e. The van der Waals surface area contributed by atoms with E-state index < -0.39 is 0 Å². The molecule has 0 saturated heterocycles. The van der Waals surface area contributed by atoms with Gasteiger partial charge in [0.05, 0.1) is 12.2 Å². The molecule has 1 atom stereocenters. The lowest BCUT2D eigenvalue weighted by atomic mass is 10.2. The van der Waals surface area contributed by atoms with Crippen molar-refractivity contribution in [3.8, 4) is 0 Å². The van der Waals surface area contributed by atoms with E-state index in [1.54, 1.807) is 37.6 Å². The number of halogens is 2. The van der Waals surface area contributed by atoms with Crippen molar-refractivity contribution in [2.45, 2.75) is 26.1 Å². The van der Waals surface area contributed by atoms with Crippen LogP contribution in [0.25, 0.3) is 0 Å². The predicted octanol–water partition coefficient (Wildman–Crippen LogP) is 3.82. The van der Waals surface area contributed by atoms with Gasteiger partial charge in [0.1, 0.15) is 16.9 Å². The van der Waals surface area contributed by atoms with E-state index >= 15 is 0 Å². The second-order valence-corrected chi connectivity index (χ2v) is 6.33. The standard InChI is InChI=1S/C17H23FN4OS.HI/c1-12(23-4)16-21-15(11-24-16)10-22(3)17(19-2)20-9-13-5-7-14(18)8-6-13;/h5-8,11-12H,9-10H2,1-4H3,(H,19,20);1H. The molecule has 1 unspecified atom stereocenters. The van der Waals surface area contributed by atoms with Crippen molar-refractivity contribution in [2.75, 3.05) is 21.2 Å². The first-order valence-electron chi connectivity index (χ1n) is 7.66. The predicted molar refractivity (Wildman–Crippen MR) is 111 cm³/mol. The average molecular weight is 478 g/mol. The summed E-state index contributed by atoms with van der Waals surface area (Å²) in [6.07, 6.45) is 0.00460. The second-order valence-electron chi connectivity index (χ2n) is 5.44. The molecule has 0 radical (unpaired) electrons. The van der Waals surface area contributed by atoms with Crippen LogP contribution < -0.4 is 5.32 Å². The zero-order valence-corrected chi connectivity index (χ0v) is 18.0. The van der Waals surface area contributed by atoms with Crippen molar-refractivity contribution in [3.63, 3.8) is 0 Å². The fourth-order valence-electron chi connectivity index (χ4n) is 2.17. The maximum atomic E-state index is 12.9. The van der Waals surface area contributed by atoms with Gasteiger partial charge in [-0.05, 0) is 24.6 Å². The molecule has 0 aliphatic rings. The SMILES string of the molecule is CN=C(NCc1ccc(F)cc1)N(C)Cc1csc(C(C)OC)n1.I. The van der Waals surface area contributed by atoms with Crippen molar-refractivity contribution >= 4 is 41.3 Å². The van der Waals surface area contributed by atoms with Crippen molar-refractivity contribution in [1.29, 1.82) is 0 Å². The van der Waals surface area contributed by atoms with Crippen LogP contribution in [0.5, 0.6) is 0 Å². The number of methoxy groups -OCH3 is 1. The number of aromatic nitrogens is 1. The van der Waals surface area contributed by atoms with Crippen molar-refractivity contribution in [2.24, 2.45) is 4.99 Å². The highest BCUT2D eigenvalue weighted by atomic mass is 127. The second kappa shape index (κ2) is 10.7. The van der Waals surface area contributed by atoms with Gasteiger partial charge in [-0.25, -0.2) is 9.37 Å². The molecule has 8 heteroatoms. The molecule has 1 heterocycles. The molecule has 0 bridgehead atoms. The molecule has 1 N–H and O–H groups in total. The minimum atomic E-state index is -0.232. The Bertz CT molecular complexity index is 678. The summed E-state index contributed by atoms with van der Waals surface area (Å²) < 4.78 is 18.2. The summed E-state index contributed by atoms with van der Waals surface area (Å²) in [4.78, 5) is 10.9. The Morgan fingerprint density at radius 3 is 2.68 bits per heavy atom. The zero-order chi connectivity index (χ0) is 17.5. The molecular formula is C17H24FIN4OS. The molecule has 0 saturated carbocycles. The molecule has 0 amide bonds. The highest BCUT2D eigenvalue weighted by Gasteiger charge is 2.12. The first kappa shape index (κ1) is 21.8. The van der Waals surface area contributed by atoms with Crippen LogP contribution in [-0.4, -0.2) is 37.0 Å². The Kier molecular flexibility index (Phi) is 9.30. The summed E-state index contributed by atoms with van der Waals surface area (Å²) in [5.74, 6) is 0.526. The number of nitrogens with one attached hydrogen (secondary N) is 1. The van der Waals surface area contributed by atoms with E-state index in [0.29, 0.717) is 13.1 Å². The first-order valence-corrected chi connectivity index (χ1v) is 8.54. The van der Waals surface area contributed by atoms with Crippen molar-refractivity contribution in [1.82, 2.24) is 15.2 Å². The number of ether oxygens (including phenoxy) is 1. The summed E-state index contributed by atoms with van der Waals surface area (Å²) in [6.45, 7) is 3.21. The molecule has 25 heavy (non-hydrogen) atoms. The number of benzene rings is 1. The zero-order valence-electron chi connectivity index (χ0n) is 14.8. The Morgan fingerprint density at radius 1 is 1.40 bits per heavy atom. The van der Waals surface area contributed by atoms with Gasteiger partial charge in [0.15, 0.2) is 5.96 Å². The third kappa shape index (κ3) is 6.52. The fraction of sp³-hybridized carbons (Fsp3) is 0.412. The highest BCUT2D eigenvalue weighted by Crippen LogP contribution is 2.20. The number of hydrogen-bond donors (Lipinski definition) is 1. The van der Waals surface area contributed by atoms with E-state index in [9.17, 15) is 4.39 Å². The van der Waals surface area contributed by atoms with Crippen LogP contribution >= 0.6 is 35.3 Å².